The maximum absolute atomic E-state index is 9.66. The van der Waals surface area contributed by atoms with Gasteiger partial charge in [-0.05, 0) is 38.8 Å². The van der Waals surface area contributed by atoms with Gasteiger partial charge in [-0.25, -0.2) is 0 Å². The Morgan fingerprint density at radius 2 is 1.93 bits per heavy atom. The summed E-state index contributed by atoms with van der Waals surface area (Å²) in [4.78, 5) is 0. The smallest absolute Gasteiger partial charge is 0.164 e. The van der Waals surface area contributed by atoms with E-state index in [1.165, 1.54) is 0 Å². The normalized spacial score (nSPS) is 11.4. The zero-order valence-corrected chi connectivity index (χ0v) is 9.29. The fourth-order valence-corrected chi connectivity index (χ4v) is 1.27. The Labute approximate surface area is 85.5 Å². The maximum Gasteiger partial charge on any atom is 0.164 e. The maximum atomic E-state index is 9.66. The third-order valence-corrected chi connectivity index (χ3v) is 1.86. The van der Waals surface area contributed by atoms with Crippen LogP contribution in [0.25, 0.3) is 0 Å². The lowest BCUT2D eigenvalue weighted by Crippen LogP contribution is -2.23. The van der Waals surface area contributed by atoms with Crippen LogP contribution in [-0.2, 0) is 6.42 Å². The van der Waals surface area contributed by atoms with Crippen molar-refractivity contribution in [3.63, 3.8) is 0 Å². The Morgan fingerprint density at radius 3 is 2.43 bits per heavy atom. The van der Waals surface area contributed by atoms with E-state index in [0.717, 1.165) is 12.0 Å². The number of phenols is 1. The number of benzene rings is 1. The first kappa shape index (κ1) is 10.9. The van der Waals surface area contributed by atoms with Crippen molar-refractivity contribution in [2.75, 3.05) is 0 Å². The predicted molar refractivity (Wildman–Crippen MR) is 57.9 cm³/mol. The minimum absolute atomic E-state index is 0.222. The molecule has 1 aromatic rings. The lowest BCUT2D eigenvalue weighted by atomic mass is 10.1. The third-order valence-electron chi connectivity index (χ3n) is 1.86. The van der Waals surface area contributed by atoms with E-state index in [9.17, 15) is 5.11 Å². The summed E-state index contributed by atoms with van der Waals surface area (Å²) in [6.07, 6.45) is 0.861. The molecule has 0 unspecified atom stereocenters. The number of phenolic OH excluding ortho intramolecular Hbond substituents is 1. The van der Waals surface area contributed by atoms with Gasteiger partial charge in [0.15, 0.2) is 11.5 Å². The van der Waals surface area contributed by atoms with Gasteiger partial charge < -0.3 is 9.84 Å². The first-order valence-corrected chi connectivity index (χ1v) is 4.94. The van der Waals surface area contributed by atoms with Crippen LogP contribution in [0.5, 0.6) is 11.5 Å². The molecule has 0 atom stereocenters. The van der Waals surface area contributed by atoms with Crippen LogP contribution in [0.3, 0.4) is 0 Å². The van der Waals surface area contributed by atoms with Gasteiger partial charge in [-0.15, -0.1) is 0 Å². The van der Waals surface area contributed by atoms with Crippen molar-refractivity contribution in [3.05, 3.63) is 23.8 Å². The van der Waals surface area contributed by atoms with E-state index in [1.807, 2.05) is 39.8 Å². The lowest BCUT2D eigenvalue weighted by molar-refractivity contribution is 0.124. The molecule has 0 amide bonds. The molecule has 0 saturated carbocycles. The molecule has 0 heterocycles. The number of aromatic hydroxyl groups is 1. The van der Waals surface area contributed by atoms with Crippen LogP contribution in [0.4, 0.5) is 0 Å². The summed E-state index contributed by atoms with van der Waals surface area (Å²) < 4.78 is 5.70. The van der Waals surface area contributed by atoms with Gasteiger partial charge in [0.1, 0.15) is 5.60 Å². The van der Waals surface area contributed by atoms with Gasteiger partial charge in [0, 0.05) is 0 Å². The zero-order valence-electron chi connectivity index (χ0n) is 9.29. The molecular weight excluding hydrogens is 176 g/mol. The molecule has 0 aliphatic carbocycles. The van der Waals surface area contributed by atoms with Crippen LogP contribution >= 0.6 is 0 Å². The molecule has 0 aromatic heterocycles. The van der Waals surface area contributed by atoms with Crippen LogP contribution in [0.2, 0.25) is 0 Å². The monoisotopic (exact) mass is 194 g/mol. The second-order valence-corrected chi connectivity index (χ2v) is 4.33. The molecule has 78 valence electrons. The fraction of sp³-hybridized carbons (Fsp3) is 0.500. The van der Waals surface area contributed by atoms with Gasteiger partial charge in [0.05, 0.1) is 0 Å². The Hall–Kier alpha value is -1.18. The number of ether oxygens (including phenoxy) is 1. The molecule has 0 saturated heterocycles. The summed E-state index contributed by atoms with van der Waals surface area (Å²) >= 11 is 0. The van der Waals surface area contributed by atoms with Crippen LogP contribution in [0.1, 0.15) is 33.3 Å². The average Bonchev–Trinajstić information content (AvgIpc) is 2.06. The Balaban J connectivity index is 3.05. The molecular formula is C12H18O2. The number of hydrogen-bond donors (Lipinski definition) is 1. The summed E-state index contributed by atoms with van der Waals surface area (Å²) in [5.74, 6) is 0.835. The van der Waals surface area contributed by atoms with E-state index in [2.05, 4.69) is 0 Å². The molecule has 2 heteroatoms. The molecule has 0 fully saturated rings. The summed E-state index contributed by atoms with van der Waals surface area (Å²) in [7, 11) is 0. The van der Waals surface area contributed by atoms with Gasteiger partial charge in [-0.2, -0.15) is 0 Å². The predicted octanol–water partition coefficient (Wildman–Crippen LogP) is 3.13. The van der Waals surface area contributed by atoms with E-state index in [1.54, 1.807) is 6.07 Å². The van der Waals surface area contributed by atoms with Crippen molar-refractivity contribution in [1.82, 2.24) is 0 Å². The lowest BCUT2D eigenvalue weighted by Gasteiger charge is -2.23. The molecule has 0 aliphatic rings. The van der Waals surface area contributed by atoms with E-state index >= 15 is 0 Å². The van der Waals surface area contributed by atoms with Crippen LogP contribution in [-0.4, -0.2) is 10.7 Å². The number of hydrogen-bond acceptors (Lipinski definition) is 2. The molecule has 0 bridgehead atoms. The molecule has 1 aromatic carbocycles. The number of rotatable bonds is 2. The highest BCUT2D eigenvalue weighted by Gasteiger charge is 2.16. The Bertz CT molecular complexity index is 311. The van der Waals surface area contributed by atoms with E-state index < -0.39 is 0 Å². The highest BCUT2D eigenvalue weighted by atomic mass is 16.5. The average molecular weight is 194 g/mol. The van der Waals surface area contributed by atoms with Crippen LogP contribution in [0.15, 0.2) is 18.2 Å². The summed E-state index contributed by atoms with van der Waals surface area (Å²) in [6, 6.07) is 5.46. The summed E-state index contributed by atoms with van der Waals surface area (Å²) in [6.45, 7) is 7.96. The van der Waals surface area contributed by atoms with E-state index in [-0.39, 0.29) is 11.4 Å². The van der Waals surface area contributed by atoms with Gasteiger partial charge in [0.25, 0.3) is 0 Å². The van der Waals surface area contributed by atoms with Crippen molar-refractivity contribution in [1.29, 1.82) is 0 Å². The Kier molecular flexibility index (Phi) is 3.04. The van der Waals surface area contributed by atoms with Gasteiger partial charge in [-0.3, -0.25) is 0 Å². The highest BCUT2D eigenvalue weighted by molar-refractivity contribution is 5.45. The Morgan fingerprint density at radius 1 is 1.29 bits per heavy atom. The second kappa shape index (κ2) is 3.91. The molecule has 0 spiro atoms. The van der Waals surface area contributed by atoms with Gasteiger partial charge in [0.2, 0.25) is 0 Å². The SMILES string of the molecule is CCc1cccc(O)c1OC(C)(C)C. The zero-order chi connectivity index (χ0) is 10.8. The van der Waals surface area contributed by atoms with E-state index in [4.69, 9.17) is 4.74 Å². The number of para-hydroxylation sites is 1. The van der Waals surface area contributed by atoms with Crippen molar-refractivity contribution < 1.29 is 9.84 Å². The topological polar surface area (TPSA) is 29.5 Å². The van der Waals surface area contributed by atoms with Gasteiger partial charge in [-0.1, -0.05) is 19.1 Å². The van der Waals surface area contributed by atoms with Crippen molar-refractivity contribution in [2.24, 2.45) is 0 Å². The molecule has 0 radical (unpaired) electrons. The van der Waals surface area contributed by atoms with Crippen molar-refractivity contribution in [2.45, 2.75) is 39.7 Å². The van der Waals surface area contributed by atoms with Crippen LogP contribution < -0.4 is 4.74 Å². The van der Waals surface area contributed by atoms with E-state index in [0.29, 0.717) is 5.75 Å². The fourth-order valence-electron chi connectivity index (χ4n) is 1.27. The third kappa shape index (κ3) is 2.66. The second-order valence-electron chi connectivity index (χ2n) is 4.33. The summed E-state index contributed by atoms with van der Waals surface area (Å²) in [5, 5.41) is 9.66. The van der Waals surface area contributed by atoms with Crippen LogP contribution in [0, 0.1) is 0 Å². The van der Waals surface area contributed by atoms with Crippen molar-refractivity contribution >= 4 is 0 Å². The largest absolute Gasteiger partial charge is 0.504 e. The van der Waals surface area contributed by atoms with Crippen molar-refractivity contribution in [3.8, 4) is 11.5 Å². The highest BCUT2D eigenvalue weighted by Crippen LogP contribution is 2.33. The van der Waals surface area contributed by atoms with Gasteiger partial charge >= 0.3 is 0 Å². The molecule has 0 aliphatic heterocycles. The molecule has 2 nitrogen and oxygen atoms in total. The first-order valence-electron chi connectivity index (χ1n) is 4.94. The molecule has 14 heavy (non-hydrogen) atoms. The minimum atomic E-state index is -0.275. The number of aryl methyl sites for hydroxylation is 1. The first-order chi connectivity index (χ1) is 6.44. The minimum Gasteiger partial charge on any atom is -0.504 e. The molecule has 1 rings (SSSR count). The quantitative estimate of drug-likeness (QED) is 0.783. The standard InChI is InChI=1S/C12H18O2/c1-5-9-7-6-8-10(13)11(9)14-12(2,3)4/h6-8,13H,5H2,1-4H3. The summed E-state index contributed by atoms with van der Waals surface area (Å²) in [5.41, 5.74) is 0.767. The molecule has 1 N–H and O–H groups in total.